The molecule has 0 rings (SSSR count). The van der Waals surface area contributed by atoms with Gasteiger partial charge in [-0.3, -0.25) is 9.80 Å². The van der Waals surface area contributed by atoms with Crippen LogP contribution < -0.4 is 0 Å². The lowest BCUT2D eigenvalue weighted by Crippen LogP contribution is -2.59. The molecule has 0 bridgehead atoms. The van der Waals surface area contributed by atoms with Crippen molar-refractivity contribution in [2.75, 3.05) is 14.1 Å². The van der Waals surface area contributed by atoms with E-state index in [1.807, 2.05) is 12.2 Å². The van der Waals surface area contributed by atoms with Gasteiger partial charge in [0.05, 0.1) is 0 Å². The van der Waals surface area contributed by atoms with E-state index >= 15 is 0 Å². The summed E-state index contributed by atoms with van der Waals surface area (Å²) in [5.74, 6) is 0. The summed E-state index contributed by atoms with van der Waals surface area (Å²) in [5, 5.41) is 0. The topological polar surface area (TPSA) is 6.48 Å². The molecule has 0 aromatic carbocycles. The van der Waals surface area contributed by atoms with Crippen LogP contribution in [0, 0.1) is 0 Å². The molecule has 0 radical (unpaired) electrons. The summed E-state index contributed by atoms with van der Waals surface area (Å²) in [4.78, 5) is 4.54. The van der Waals surface area contributed by atoms with Crippen LogP contribution in [0.5, 0.6) is 0 Å². The Morgan fingerprint density at radius 3 is 1.27 bits per heavy atom. The van der Waals surface area contributed by atoms with Gasteiger partial charge in [0.1, 0.15) is 5.66 Å². The first-order valence-electron chi connectivity index (χ1n) is 5.56. The van der Waals surface area contributed by atoms with E-state index in [1.54, 1.807) is 0 Å². The molecule has 0 unspecified atom stereocenters. The molecule has 0 aliphatic rings. The van der Waals surface area contributed by atoms with Gasteiger partial charge in [0.25, 0.3) is 0 Å². The standard InChI is InChI=1S/C13H26N2/c1-9-13(10-2,14(7)11(3)4)15(8)12(5)6/h9-12H,1-2H2,3-8H3. The Morgan fingerprint density at radius 2 is 1.13 bits per heavy atom. The third-order valence-corrected chi connectivity index (χ3v) is 3.28. The van der Waals surface area contributed by atoms with Crippen molar-refractivity contribution >= 4 is 0 Å². The first-order valence-corrected chi connectivity index (χ1v) is 5.56. The zero-order valence-electron chi connectivity index (χ0n) is 11.1. The van der Waals surface area contributed by atoms with E-state index in [0.29, 0.717) is 12.1 Å². The van der Waals surface area contributed by atoms with E-state index in [-0.39, 0.29) is 5.66 Å². The predicted molar refractivity (Wildman–Crippen MR) is 68.9 cm³/mol. The monoisotopic (exact) mass is 210 g/mol. The highest BCUT2D eigenvalue weighted by Crippen LogP contribution is 2.25. The quantitative estimate of drug-likeness (QED) is 0.491. The van der Waals surface area contributed by atoms with Gasteiger partial charge in [-0.15, -0.1) is 0 Å². The lowest BCUT2D eigenvalue weighted by molar-refractivity contribution is 0.0126. The van der Waals surface area contributed by atoms with E-state index in [2.05, 4.69) is 64.7 Å². The molecule has 0 heterocycles. The molecule has 2 nitrogen and oxygen atoms in total. The lowest BCUT2D eigenvalue weighted by Gasteiger charge is -2.47. The molecule has 0 saturated carbocycles. The largest absolute Gasteiger partial charge is 0.279 e. The Kier molecular flexibility index (Phi) is 5.26. The maximum Gasteiger partial charge on any atom is 0.112 e. The lowest BCUT2D eigenvalue weighted by atomic mass is 10.0. The first-order chi connectivity index (χ1) is 6.83. The molecule has 0 aromatic rings. The van der Waals surface area contributed by atoms with Gasteiger partial charge in [0.15, 0.2) is 0 Å². The second-order valence-corrected chi connectivity index (χ2v) is 4.60. The summed E-state index contributed by atoms with van der Waals surface area (Å²) in [6.45, 7) is 16.6. The summed E-state index contributed by atoms with van der Waals surface area (Å²) in [7, 11) is 4.21. The molecule has 0 N–H and O–H groups in total. The Hall–Kier alpha value is -0.600. The van der Waals surface area contributed by atoms with Gasteiger partial charge >= 0.3 is 0 Å². The van der Waals surface area contributed by atoms with Crippen LogP contribution in [0.2, 0.25) is 0 Å². The van der Waals surface area contributed by atoms with Crippen LogP contribution in [0.15, 0.2) is 25.3 Å². The summed E-state index contributed by atoms with van der Waals surface area (Å²) in [5.41, 5.74) is -0.262. The maximum absolute atomic E-state index is 3.96. The highest BCUT2D eigenvalue weighted by atomic mass is 15.4. The van der Waals surface area contributed by atoms with Crippen molar-refractivity contribution in [1.82, 2.24) is 9.80 Å². The van der Waals surface area contributed by atoms with Gasteiger partial charge in [-0.25, -0.2) is 0 Å². The van der Waals surface area contributed by atoms with E-state index in [1.165, 1.54) is 0 Å². The molecular formula is C13H26N2. The smallest absolute Gasteiger partial charge is 0.112 e. The maximum atomic E-state index is 3.96. The van der Waals surface area contributed by atoms with Crippen LogP contribution in [0.1, 0.15) is 27.7 Å². The fraction of sp³-hybridized carbons (Fsp3) is 0.692. The predicted octanol–water partition coefficient (Wildman–Crippen LogP) is 2.74. The van der Waals surface area contributed by atoms with Crippen LogP contribution in [-0.4, -0.2) is 41.6 Å². The van der Waals surface area contributed by atoms with E-state index < -0.39 is 0 Å². The number of rotatable bonds is 6. The van der Waals surface area contributed by atoms with Gasteiger partial charge in [-0.1, -0.05) is 25.3 Å². The van der Waals surface area contributed by atoms with Crippen molar-refractivity contribution < 1.29 is 0 Å². The minimum Gasteiger partial charge on any atom is -0.279 e. The van der Waals surface area contributed by atoms with Crippen molar-refractivity contribution in [3.8, 4) is 0 Å². The first kappa shape index (κ1) is 14.4. The van der Waals surface area contributed by atoms with Crippen LogP contribution in [0.4, 0.5) is 0 Å². The number of likely N-dealkylation sites (N-methyl/N-ethyl adjacent to an activating group) is 2. The van der Waals surface area contributed by atoms with E-state index in [4.69, 9.17) is 0 Å². The van der Waals surface area contributed by atoms with Crippen molar-refractivity contribution in [3.05, 3.63) is 25.3 Å². The highest BCUT2D eigenvalue weighted by molar-refractivity contribution is 5.14. The van der Waals surface area contributed by atoms with E-state index in [9.17, 15) is 0 Å². The molecule has 0 aliphatic heterocycles. The Balaban J connectivity index is 5.21. The van der Waals surface area contributed by atoms with Gasteiger partial charge in [-0.2, -0.15) is 0 Å². The summed E-state index contributed by atoms with van der Waals surface area (Å²) in [6.07, 6.45) is 3.92. The summed E-state index contributed by atoms with van der Waals surface area (Å²) in [6, 6.07) is 0.893. The SMILES string of the molecule is C=CC(C=C)(N(C)C(C)C)N(C)C(C)C. The Morgan fingerprint density at radius 1 is 0.867 bits per heavy atom. The van der Waals surface area contributed by atoms with Crippen LogP contribution in [0.3, 0.4) is 0 Å². The summed E-state index contributed by atoms with van der Waals surface area (Å²) >= 11 is 0. The molecule has 0 amide bonds. The van der Waals surface area contributed by atoms with Crippen LogP contribution in [-0.2, 0) is 0 Å². The number of hydrogen-bond acceptors (Lipinski definition) is 2. The van der Waals surface area contributed by atoms with Crippen LogP contribution >= 0.6 is 0 Å². The van der Waals surface area contributed by atoms with Gasteiger partial charge in [-0.05, 0) is 41.8 Å². The fourth-order valence-corrected chi connectivity index (χ4v) is 1.74. The third-order valence-electron chi connectivity index (χ3n) is 3.28. The average Bonchev–Trinajstić information content (AvgIpc) is 2.19. The molecular weight excluding hydrogens is 184 g/mol. The Labute approximate surface area is 95.3 Å². The molecule has 0 aromatic heterocycles. The van der Waals surface area contributed by atoms with E-state index in [0.717, 1.165) is 0 Å². The summed E-state index contributed by atoms with van der Waals surface area (Å²) < 4.78 is 0. The second-order valence-electron chi connectivity index (χ2n) is 4.60. The number of hydrogen-bond donors (Lipinski definition) is 0. The average molecular weight is 210 g/mol. The zero-order valence-corrected chi connectivity index (χ0v) is 11.1. The van der Waals surface area contributed by atoms with Gasteiger partial charge < -0.3 is 0 Å². The Bertz CT molecular complexity index is 195. The molecule has 0 fully saturated rings. The van der Waals surface area contributed by atoms with Crippen molar-refractivity contribution in [2.24, 2.45) is 0 Å². The molecule has 0 spiro atoms. The van der Waals surface area contributed by atoms with Crippen molar-refractivity contribution in [2.45, 2.75) is 45.4 Å². The minimum absolute atomic E-state index is 0.262. The molecule has 0 aliphatic carbocycles. The normalized spacial score (nSPS) is 12.9. The van der Waals surface area contributed by atoms with Crippen molar-refractivity contribution in [1.29, 1.82) is 0 Å². The molecule has 88 valence electrons. The van der Waals surface area contributed by atoms with Crippen molar-refractivity contribution in [3.63, 3.8) is 0 Å². The second kappa shape index (κ2) is 5.47. The van der Waals surface area contributed by atoms with Gasteiger partial charge in [0, 0.05) is 12.1 Å². The highest BCUT2D eigenvalue weighted by Gasteiger charge is 2.35. The number of nitrogens with zero attached hydrogens (tertiary/aromatic N) is 2. The van der Waals surface area contributed by atoms with Crippen LogP contribution in [0.25, 0.3) is 0 Å². The minimum atomic E-state index is -0.262. The molecule has 15 heavy (non-hydrogen) atoms. The third kappa shape index (κ3) is 2.70. The molecule has 0 atom stereocenters. The molecule has 0 saturated heterocycles. The fourth-order valence-electron chi connectivity index (χ4n) is 1.74. The molecule has 2 heteroatoms. The zero-order chi connectivity index (χ0) is 12.2. The van der Waals surface area contributed by atoms with Gasteiger partial charge in [0.2, 0.25) is 0 Å².